The van der Waals surface area contributed by atoms with E-state index in [-0.39, 0.29) is 0 Å². The SMILES string of the molecule is NCc1cncc(CF)c1. The van der Waals surface area contributed by atoms with Gasteiger partial charge in [-0.1, -0.05) is 0 Å². The molecule has 0 amide bonds. The fourth-order valence-corrected chi connectivity index (χ4v) is 0.726. The first-order chi connectivity index (χ1) is 4.86. The summed E-state index contributed by atoms with van der Waals surface area (Å²) in [5, 5.41) is 0. The van der Waals surface area contributed by atoms with E-state index in [9.17, 15) is 4.39 Å². The molecule has 0 aliphatic rings. The molecule has 0 spiro atoms. The monoisotopic (exact) mass is 140 g/mol. The lowest BCUT2D eigenvalue weighted by Crippen LogP contribution is -1.97. The van der Waals surface area contributed by atoms with E-state index in [1.54, 1.807) is 12.3 Å². The minimum atomic E-state index is -0.471. The molecule has 0 atom stereocenters. The van der Waals surface area contributed by atoms with Gasteiger partial charge in [-0.3, -0.25) is 4.98 Å². The van der Waals surface area contributed by atoms with Crippen molar-refractivity contribution in [1.29, 1.82) is 0 Å². The van der Waals surface area contributed by atoms with Crippen molar-refractivity contribution in [3.63, 3.8) is 0 Å². The zero-order valence-corrected chi connectivity index (χ0v) is 5.55. The minimum Gasteiger partial charge on any atom is -0.326 e. The summed E-state index contributed by atoms with van der Waals surface area (Å²) in [6, 6.07) is 1.72. The summed E-state index contributed by atoms with van der Waals surface area (Å²) < 4.78 is 12.0. The van der Waals surface area contributed by atoms with Crippen molar-refractivity contribution in [2.45, 2.75) is 13.2 Å². The van der Waals surface area contributed by atoms with Gasteiger partial charge in [0.05, 0.1) is 0 Å². The predicted octanol–water partition coefficient (Wildman–Crippen LogP) is 1.01. The molecule has 54 valence electrons. The van der Waals surface area contributed by atoms with Crippen LogP contribution in [-0.2, 0) is 13.2 Å². The van der Waals surface area contributed by atoms with Gasteiger partial charge in [-0.25, -0.2) is 4.39 Å². The Labute approximate surface area is 58.9 Å². The van der Waals surface area contributed by atoms with Gasteiger partial charge in [0.1, 0.15) is 6.67 Å². The topological polar surface area (TPSA) is 38.9 Å². The van der Waals surface area contributed by atoms with E-state index in [1.807, 2.05) is 0 Å². The molecule has 1 heterocycles. The molecule has 3 heteroatoms. The van der Waals surface area contributed by atoms with Crippen molar-refractivity contribution in [1.82, 2.24) is 4.98 Å². The number of rotatable bonds is 2. The van der Waals surface area contributed by atoms with Crippen LogP contribution in [0.5, 0.6) is 0 Å². The highest BCUT2D eigenvalue weighted by Gasteiger charge is 1.92. The summed E-state index contributed by atoms with van der Waals surface area (Å²) in [6.07, 6.45) is 3.14. The van der Waals surface area contributed by atoms with Crippen LogP contribution >= 0.6 is 0 Å². The summed E-state index contributed by atoms with van der Waals surface area (Å²) in [5.74, 6) is 0. The van der Waals surface area contributed by atoms with E-state index >= 15 is 0 Å². The van der Waals surface area contributed by atoms with Gasteiger partial charge in [0.25, 0.3) is 0 Å². The lowest BCUT2D eigenvalue weighted by atomic mass is 10.2. The highest BCUT2D eigenvalue weighted by atomic mass is 19.1. The van der Waals surface area contributed by atoms with Crippen LogP contribution in [0.25, 0.3) is 0 Å². The number of alkyl halides is 1. The Balaban J connectivity index is 2.87. The van der Waals surface area contributed by atoms with Crippen LogP contribution in [0.2, 0.25) is 0 Å². The Bertz CT molecular complexity index is 193. The summed E-state index contributed by atoms with van der Waals surface area (Å²) in [5.41, 5.74) is 6.77. The maximum atomic E-state index is 12.0. The Morgan fingerprint density at radius 1 is 1.40 bits per heavy atom. The van der Waals surface area contributed by atoms with Crippen LogP contribution in [0.3, 0.4) is 0 Å². The Kier molecular flexibility index (Phi) is 2.34. The standard InChI is InChI=1S/C7H9FN2/c8-2-6-1-7(3-9)5-10-4-6/h1,4-5H,2-3,9H2. The van der Waals surface area contributed by atoms with Crippen molar-refractivity contribution >= 4 is 0 Å². The van der Waals surface area contributed by atoms with Crippen molar-refractivity contribution in [2.24, 2.45) is 5.73 Å². The quantitative estimate of drug-likeness (QED) is 0.665. The largest absolute Gasteiger partial charge is 0.326 e. The van der Waals surface area contributed by atoms with Gasteiger partial charge in [-0.15, -0.1) is 0 Å². The predicted molar refractivity (Wildman–Crippen MR) is 36.9 cm³/mol. The fourth-order valence-electron chi connectivity index (χ4n) is 0.726. The zero-order chi connectivity index (χ0) is 7.40. The van der Waals surface area contributed by atoms with E-state index in [0.717, 1.165) is 5.56 Å². The van der Waals surface area contributed by atoms with Crippen LogP contribution in [0, 0.1) is 0 Å². The molecule has 0 unspecified atom stereocenters. The third-order valence-corrected chi connectivity index (χ3v) is 1.24. The normalized spacial score (nSPS) is 9.80. The van der Waals surface area contributed by atoms with Crippen molar-refractivity contribution in [3.8, 4) is 0 Å². The van der Waals surface area contributed by atoms with Gasteiger partial charge in [-0.05, 0) is 11.6 Å². The molecule has 10 heavy (non-hydrogen) atoms. The molecule has 0 aliphatic carbocycles. The molecule has 2 nitrogen and oxygen atoms in total. The molecule has 0 fully saturated rings. The molecule has 0 aliphatic heterocycles. The van der Waals surface area contributed by atoms with Gasteiger partial charge in [0.2, 0.25) is 0 Å². The van der Waals surface area contributed by atoms with Crippen molar-refractivity contribution < 1.29 is 4.39 Å². The molecule has 1 aromatic rings. The van der Waals surface area contributed by atoms with Gasteiger partial charge in [0.15, 0.2) is 0 Å². The molecule has 1 aromatic heterocycles. The number of aromatic nitrogens is 1. The van der Waals surface area contributed by atoms with E-state index in [0.29, 0.717) is 12.1 Å². The summed E-state index contributed by atoms with van der Waals surface area (Å²) >= 11 is 0. The van der Waals surface area contributed by atoms with Crippen LogP contribution < -0.4 is 5.73 Å². The highest BCUT2D eigenvalue weighted by molar-refractivity contribution is 5.16. The molecule has 1 rings (SSSR count). The molecule has 0 saturated carbocycles. The smallest absolute Gasteiger partial charge is 0.116 e. The second-order valence-corrected chi connectivity index (χ2v) is 2.04. The van der Waals surface area contributed by atoms with Gasteiger partial charge >= 0.3 is 0 Å². The summed E-state index contributed by atoms with van der Waals surface area (Å²) in [6.45, 7) is -0.0539. The molecular weight excluding hydrogens is 131 g/mol. The number of hydrogen-bond acceptors (Lipinski definition) is 2. The summed E-state index contributed by atoms with van der Waals surface area (Å²) in [4.78, 5) is 3.81. The molecule has 0 aromatic carbocycles. The van der Waals surface area contributed by atoms with Gasteiger partial charge in [-0.2, -0.15) is 0 Å². The highest BCUT2D eigenvalue weighted by Crippen LogP contribution is 2.02. The second kappa shape index (κ2) is 3.27. The van der Waals surface area contributed by atoms with E-state index in [1.165, 1.54) is 6.20 Å². The first-order valence-electron chi connectivity index (χ1n) is 3.05. The third-order valence-electron chi connectivity index (χ3n) is 1.24. The molecule has 2 N–H and O–H groups in total. The number of pyridine rings is 1. The van der Waals surface area contributed by atoms with E-state index < -0.39 is 6.67 Å². The lowest BCUT2D eigenvalue weighted by molar-refractivity contribution is 0.484. The molecular formula is C7H9FN2. The first-order valence-corrected chi connectivity index (χ1v) is 3.05. The maximum absolute atomic E-state index is 12.0. The Morgan fingerprint density at radius 3 is 2.70 bits per heavy atom. The lowest BCUT2D eigenvalue weighted by Gasteiger charge is -1.96. The number of nitrogens with two attached hydrogens (primary N) is 1. The molecule has 0 radical (unpaired) electrons. The average Bonchev–Trinajstić information content (AvgIpc) is 2.05. The number of halogens is 1. The number of hydrogen-bond donors (Lipinski definition) is 1. The van der Waals surface area contributed by atoms with Crippen LogP contribution in [0.1, 0.15) is 11.1 Å². The second-order valence-electron chi connectivity index (χ2n) is 2.04. The number of nitrogens with zero attached hydrogens (tertiary/aromatic N) is 1. The fraction of sp³-hybridized carbons (Fsp3) is 0.286. The first kappa shape index (κ1) is 7.15. The van der Waals surface area contributed by atoms with Crippen LogP contribution in [-0.4, -0.2) is 4.98 Å². The average molecular weight is 140 g/mol. The van der Waals surface area contributed by atoms with E-state index in [4.69, 9.17) is 5.73 Å². The molecule has 0 bridgehead atoms. The minimum absolute atomic E-state index is 0.418. The Morgan fingerprint density at radius 2 is 2.10 bits per heavy atom. The van der Waals surface area contributed by atoms with Crippen molar-refractivity contribution in [3.05, 3.63) is 29.6 Å². The van der Waals surface area contributed by atoms with Gasteiger partial charge in [0, 0.05) is 24.5 Å². The van der Waals surface area contributed by atoms with Crippen LogP contribution in [0.15, 0.2) is 18.5 Å². The van der Waals surface area contributed by atoms with Crippen LogP contribution in [0.4, 0.5) is 4.39 Å². The van der Waals surface area contributed by atoms with Gasteiger partial charge < -0.3 is 5.73 Å². The molecule has 0 saturated heterocycles. The maximum Gasteiger partial charge on any atom is 0.116 e. The third kappa shape index (κ3) is 1.51. The summed E-state index contributed by atoms with van der Waals surface area (Å²) in [7, 11) is 0. The Hall–Kier alpha value is -0.960. The van der Waals surface area contributed by atoms with Crippen molar-refractivity contribution in [2.75, 3.05) is 0 Å². The zero-order valence-electron chi connectivity index (χ0n) is 5.55. The van der Waals surface area contributed by atoms with E-state index in [2.05, 4.69) is 4.98 Å².